The summed E-state index contributed by atoms with van der Waals surface area (Å²) >= 11 is 0. The predicted octanol–water partition coefficient (Wildman–Crippen LogP) is 2.36. The molecule has 0 spiro atoms. The molecule has 1 rings (SSSR count). The Bertz CT molecular complexity index is 559. The van der Waals surface area contributed by atoms with Crippen LogP contribution in [0.25, 0.3) is 0 Å². The molecule has 2 N–H and O–H groups in total. The van der Waals surface area contributed by atoms with E-state index in [4.69, 9.17) is 0 Å². The molecule has 0 heterocycles. The van der Waals surface area contributed by atoms with Gasteiger partial charge >= 0.3 is 6.36 Å². The van der Waals surface area contributed by atoms with Crippen LogP contribution in [-0.4, -0.2) is 24.2 Å². The first-order valence-electron chi connectivity index (χ1n) is 6.98. The summed E-state index contributed by atoms with van der Waals surface area (Å²) in [5.74, 6) is -1.38. The van der Waals surface area contributed by atoms with E-state index in [1.165, 1.54) is 25.1 Å². The van der Waals surface area contributed by atoms with Gasteiger partial charge in [-0.3, -0.25) is 9.59 Å². The van der Waals surface area contributed by atoms with Crippen LogP contribution in [0, 0.1) is 5.92 Å². The third-order valence-electron chi connectivity index (χ3n) is 2.96. The monoisotopic (exact) mass is 332 g/mol. The lowest BCUT2D eigenvalue weighted by molar-refractivity contribution is -0.274. The molecule has 2 amide bonds. The first-order chi connectivity index (χ1) is 10.6. The maximum atomic E-state index is 12.3. The summed E-state index contributed by atoms with van der Waals surface area (Å²) < 4.78 is 40.9. The van der Waals surface area contributed by atoms with Gasteiger partial charge in [-0.25, -0.2) is 0 Å². The topological polar surface area (TPSA) is 67.4 Å². The zero-order chi connectivity index (χ0) is 17.6. The molecule has 0 aliphatic heterocycles. The van der Waals surface area contributed by atoms with Gasteiger partial charge in [0.15, 0.2) is 0 Å². The van der Waals surface area contributed by atoms with Gasteiger partial charge < -0.3 is 15.4 Å². The number of para-hydroxylation sites is 1. The summed E-state index contributed by atoms with van der Waals surface area (Å²) in [4.78, 5) is 23.2. The van der Waals surface area contributed by atoms with Gasteiger partial charge in [0.2, 0.25) is 11.8 Å². The van der Waals surface area contributed by atoms with E-state index in [9.17, 15) is 22.8 Å². The second kappa shape index (κ2) is 7.85. The number of hydrogen-bond acceptors (Lipinski definition) is 3. The third kappa shape index (κ3) is 6.58. The van der Waals surface area contributed by atoms with Crippen LogP contribution in [0.3, 0.4) is 0 Å². The van der Waals surface area contributed by atoms with Crippen molar-refractivity contribution in [3.8, 4) is 5.75 Å². The van der Waals surface area contributed by atoms with Crippen molar-refractivity contribution < 1.29 is 27.5 Å². The van der Waals surface area contributed by atoms with Crippen LogP contribution in [0.1, 0.15) is 26.3 Å². The molecular formula is C15H19F3N2O3. The van der Waals surface area contributed by atoms with Crippen molar-refractivity contribution >= 4 is 11.8 Å². The lowest BCUT2D eigenvalue weighted by Gasteiger charge is -2.21. The summed E-state index contributed by atoms with van der Waals surface area (Å²) in [6.45, 7) is 4.64. The summed E-state index contributed by atoms with van der Waals surface area (Å²) in [5.41, 5.74) is 0.184. The Kier molecular flexibility index (Phi) is 6.41. The summed E-state index contributed by atoms with van der Waals surface area (Å²) in [5, 5.41) is 5.02. The van der Waals surface area contributed by atoms with Crippen LogP contribution < -0.4 is 15.4 Å². The first kappa shape index (κ1) is 18.8. The maximum Gasteiger partial charge on any atom is 0.573 e. The largest absolute Gasteiger partial charge is 0.573 e. The standard InChI is InChI=1S/C15H19F3N2O3/c1-9(2)13(20-10(3)21)14(22)19-8-11-6-4-5-7-12(11)23-15(16,17)18/h4-7,9,13H,8H2,1-3H3,(H,19,22)(H,20,21)/t13-/m1/s1. The minimum atomic E-state index is -4.81. The van der Waals surface area contributed by atoms with Gasteiger partial charge in [0.05, 0.1) is 0 Å². The van der Waals surface area contributed by atoms with E-state index >= 15 is 0 Å². The highest BCUT2D eigenvalue weighted by molar-refractivity contribution is 5.87. The average molecular weight is 332 g/mol. The van der Waals surface area contributed by atoms with Crippen molar-refractivity contribution in [2.45, 2.75) is 39.7 Å². The summed E-state index contributed by atoms with van der Waals surface area (Å²) in [6, 6.07) is 4.77. The molecule has 8 heteroatoms. The number of alkyl halides is 3. The average Bonchev–Trinajstić information content (AvgIpc) is 2.41. The van der Waals surface area contributed by atoms with Gasteiger partial charge in [-0.1, -0.05) is 32.0 Å². The molecule has 128 valence electrons. The van der Waals surface area contributed by atoms with E-state index in [-0.39, 0.29) is 29.7 Å². The highest BCUT2D eigenvalue weighted by atomic mass is 19.4. The van der Waals surface area contributed by atoms with E-state index < -0.39 is 18.3 Å². The number of benzene rings is 1. The zero-order valence-electron chi connectivity index (χ0n) is 13.0. The van der Waals surface area contributed by atoms with Gasteiger partial charge in [0.25, 0.3) is 0 Å². The maximum absolute atomic E-state index is 12.3. The molecule has 1 atom stereocenters. The van der Waals surface area contributed by atoms with Crippen molar-refractivity contribution in [2.75, 3.05) is 0 Å². The van der Waals surface area contributed by atoms with Crippen LogP contribution in [0.2, 0.25) is 0 Å². The molecular weight excluding hydrogens is 313 g/mol. The lowest BCUT2D eigenvalue weighted by atomic mass is 10.0. The lowest BCUT2D eigenvalue weighted by Crippen LogP contribution is -2.48. The van der Waals surface area contributed by atoms with Crippen molar-refractivity contribution in [3.63, 3.8) is 0 Å². The van der Waals surface area contributed by atoms with Crippen molar-refractivity contribution in [1.82, 2.24) is 10.6 Å². The van der Waals surface area contributed by atoms with Gasteiger partial charge in [0.1, 0.15) is 11.8 Å². The van der Waals surface area contributed by atoms with Crippen molar-refractivity contribution in [3.05, 3.63) is 29.8 Å². The Balaban J connectivity index is 2.77. The molecule has 1 aromatic rings. The molecule has 0 fully saturated rings. The third-order valence-corrected chi connectivity index (χ3v) is 2.96. The van der Waals surface area contributed by atoms with Crippen LogP contribution in [0.4, 0.5) is 13.2 Å². The van der Waals surface area contributed by atoms with E-state index in [0.717, 1.165) is 0 Å². The van der Waals surface area contributed by atoms with Gasteiger partial charge in [-0.2, -0.15) is 0 Å². The van der Waals surface area contributed by atoms with E-state index in [2.05, 4.69) is 15.4 Å². The highest BCUT2D eigenvalue weighted by Gasteiger charge is 2.32. The quantitative estimate of drug-likeness (QED) is 0.840. The number of carbonyl (C=O) groups is 2. The molecule has 5 nitrogen and oxygen atoms in total. The molecule has 0 aliphatic rings. The van der Waals surface area contributed by atoms with Crippen LogP contribution >= 0.6 is 0 Å². The molecule has 23 heavy (non-hydrogen) atoms. The molecule has 0 saturated carbocycles. The molecule has 1 aromatic carbocycles. The van der Waals surface area contributed by atoms with E-state index in [0.29, 0.717) is 0 Å². The fourth-order valence-electron chi connectivity index (χ4n) is 1.92. The van der Waals surface area contributed by atoms with Crippen molar-refractivity contribution in [1.29, 1.82) is 0 Å². The second-order valence-electron chi connectivity index (χ2n) is 5.30. The van der Waals surface area contributed by atoms with E-state index in [1.54, 1.807) is 19.9 Å². The number of halogens is 3. The number of nitrogens with one attached hydrogen (secondary N) is 2. The molecule has 0 radical (unpaired) electrons. The number of hydrogen-bond donors (Lipinski definition) is 2. The highest BCUT2D eigenvalue weighted by Crippen LogP contribution is 2.26. The molecule has 0 aliphatic carbocycles. The van der Waals surface area contributed by atoms with Crippen LogP contribution in [-0.2, 0) is 16.1 Å². The Morgan fingerprint density at radius 2 is 1.83 bits per heavy atom. The van der Waals surface area contributed by atoms with Gasteiger partial charge in [-0.15, -0.1) is 13.2 Å². The Labute approximate surface area is 132 Å². The minimum absolute atomic E-state index is 0.145. The minimum Gasteiger partial charge on any atom is -0.405 e. The number of carbonyl (C=O) groups excluding carboxylic acids is 2. The summed E-state index contributed by atoms with van der Waals surface area (Å²) in [7, 11) is 0. The molecule has 0 unspecified atom stereocenters. The molecule has 0 aromatic heterocycles. The molecule has 0 bridgehead atoms. The first-order valence-corrected chi connectivity index (χ1v) is 6.98. The number of rotatable bonds is 6. The van der Waals surface area contributed by atoms with Gasteiger partial charge in [0, 0.05) is 19.0 Å². The smallest absolute Gasteiger partial charge is 0.405 e. The SMILES string of the molecule is CC(=O)N[C@@H](C(=O)NCc1ccccc1OC(F)(F)F)C(C)C. The fraction of sp³-hybridized carbons (Fsp3) is 0.467. The summed E-state index contributed by atoms with van der Waals surface area (Å²) in [6.07, 6.45) is -4.81. The number of amides is 2. The zero-order valence-corrected chi connectivity index (χ0v) is 13.0. The van der Waals surface area contributed by atoms with Gasteiger partial charge in [-0.05, 0) is 12.0 Å². The molecule has 0 saturated heterocycles. The Hall–Kier alpha value is -2.25. The van der Waals surface area contributed by atoms with Crippen LogP contribution in [0.5, 0.6) is 5.75 Å². The number of ether oxygens (including phenoxy) is 1. The fourth-order valence-corrected chi connectivity index (χ4v) is 1.92. The second-order valence-corrected chi connectivity index (χ2v) is 5.30. The van der Waals surface area contributed by atoms with Crippen molar-refractivity contribution in [2.24, 2.45) is 5.92 Å². The van der Waals surface area contributed by atoms with E-state index in [1.807, 2.05) is 0 Å². The predicted molar refractivity (Wildman–Crippen MR) is 77.4 cm³/mol. The normalized spacial score (nSPS) is 12.7. The van der Waals surface area contributed by atoms with Crippen LogP contribution in [0.15, 0.2) is 24.3 Å². The Morgan fingerprint density at radius 3 is 2.35 bits per heavy atom. The Morgan fingerprint density at radius 1 is 1.22 bits per heavy atom.